The molecule has 0 aromatic rings. The Kier molecular flexibility index (Phi) is 8.05. The van der Waals surface area contributed by atoms with Crippen LogP contribution in [-0.4, -0.2) is 56.7 Å². The summed E-state index contributed by atoms with van der Waals surface area (Å²) in [4.78, 5) is 0. The SMILES string of the molecule is C[SiH]1O[SiH](C)O[Si](C)(OC(C)(C)C)O[Si](C)(OC(C)(C)C)O[SiH](C)O1. The van der Waals surface area contributed by atoms with Gasteiger partial charge in [0.05, 0.1) is 11.2 Å². The molecule has 25 heavy (non-hydrogen) atoms. The average molecular weight is 445 g/mol. The van der Waals surface area contributed by atoms with E-state index in [1.165, 1.54) is 0 Å². The van der Waals surface area contributed by atoms with Crippen LogP contribution in [0, 0.1) is 0 Å². The lowest BCUT2D eigenvalue weighted by Crippen LogP contribution is -2.63. The van der Waals surface area contributed by atoms with Crippen molar-refractivity contribution in [2.45, 2.75) is 85.5 Å². The van der Waals surface area contributed by atoms with Crippen LogP contribution < -0.4 is 0 Å². The van der Waals surface area contributed by atoms with Crippen LogP contribution in [0.15, 0.2) is 0 Å². The molecule has 0 aromatic carbocycles. The first-order valence-electron chi connectivity index (χ1n) is 8.78. The molecule has 1 rings (SSSR count). The van der Waals surface area contributed by atoms with Crippen LogP contribution in [0.3, 0.4) is 0 Å². The molecule has 0 aromatic heterocycles. The smallest absolute Gasteiger partial charge is 0.420 e. The zero-order valence-electron chi connectivity index (χ0n) is 17.6. The van der Waals surface area contributed by atoms with E-state index in [-0.39, 0.29) is 0 Å². The van der Waals surface area contributed by atoms with Gasteiger partial charge in [0.2, 0.25) is 0 Å². The van der Waals surface area contributed by atoms with Gasteiger partial charge in [0.1, 0.15) is 0 Å². The molecular weight excluding hydrogens is 409 g/mol. The Balaban J connectivity index is 3.20. The van der Waals surface area contributed by atoms with Crippen molar-refractivity contribution in [3.8, 4) is 0 Å². The van der Waals surface area contributed by atoms with E-state index in [2.05, 4.69) is 0 Å². The second kappa shape index (κ2) is 8.44. The molecule has 0 N–H and O–H groups in total. The lowest BCUT2D eigenvalue weighted by molar-refractivity contribution is 0.00570. The molecule has 1 aliphatic heterocycles. The standard InChI is InChI=1S/C13H36O7Si5/c1-12(2,3)14-24(10)18-22(8)16-21(7)17-23(9)19-25(11,20-24)15-13(4,5)6/h21-23H,1-11H3. The van der Waals surface area contributed by atoms with Crippen LogP contribution in [-0.2, 0) is 29.4 Å². The van der Waals surface area contributed by atoms with E-state index >= 15 is 0 Å². The minimum Gasteiger partial charge on any atom is -0.420 e. The molecule has 7 nitrogen and oxygen atoms in total. The van der Waals surface area contributed by atoms with Crippen molar-refractivity contribution in [1.82, 2.24) is 0 Å². The minimum absolute atomic E-state index is 0.404. The summed E-state index contributed by atoms with van der Waals surface area (Å²) < 4.78 is 43.5. The predicted molar refractivity (Wildman–Crippen MR) is 109 cm³/mol. The summed E-state index contributed by atoms with van der Waals surface area (Å²) in [6.45, 7) is 21.8. The Morgan fingerprint density at radius 1 is 0.640 bits per heavy atom. The monoisotopic (exact) mass is 444 g/mol. The highest BCUT2D eigenvalue weighted by Crippen LogP contribution is 2.29. The second-order valence-corrected chi connectivity index (χ2v) is 20.6. The Labute approximate surface area is 160 Å². The molecule has 150 valence electrons. The van der Waals surface area contributed by atoms with Crippen LogP contribution in [0.2, 0.25) is 32.7 Å². The Morgan fingerprint density at radius 3 is 1.24 bits per heavy atom. The van der Waals surface area contributed by atoms with Crippen molar-refractivity contribution in [3.05, 3.63) is 0 Å². The van der Waals surface area contributed by atoms with Gasteiger partial charge in [0, 0.05) is 13.1 Å². The first-order chi connectivity index (χ1) is 11.0. The van der Waals surface area contributed by atoms with Gasteiger partial charge in [0.25, 0.3) is 9.28 Å². The molecule has 4 unspecified atom stereocenters. The molecule has 0 saturated carbocycles. The third kappa shape index (κ3) is 9.52. The fourth-order valence-corrected chi connectivity index (χ4v) is 21.1. The third-order valence-electron chi connectivity index (χ3n) is 2.88. The summed E-state index contributed by atoms with van der Waals surface area (Å²) in [5, 5.41) is 0. The second-order valence-electron chi connectivity index (χ2n) is 8.47. The van der Waals surface area contributed by atoms with Gasteiger partial charge in [-0.25, -0.2) is 0 Å². The zero-order chi connectivity index (χ0) is 19.7. The number of hydrogen-bond acceptors (Lipinski definition) is 7. The van der Waals surface area contributed by atoms with Crippen molar-refractivity contribution in [3.63, 3.8) is 0 Å². The third-order valence-corrected chi connectivity index (χ3v) is 20.0. The predicted octanol–water partition coefficient (Wildman–Crippen LogP) is 2.40. The van der Waals surface area contributed by atoms with E-state index in [1.54, 1.807) is 0 Å². The van der Waals surface area contributed by atoms with E-state index in [0.717, 1.165) is 0 Å². The molecule has 0 aliphatic carbocycles. The Hall–Kier alpha value is 0.804. The van der Waals surface area contributed by atoms with Gasteiger partial charge in [-0.05, 0) is 61.2 Å². The van der Waals surface area contributed by atoms with Crippen molar-refractivity contribution >= 4 is 45.5 Å². The van der Waals surface area contributed by atoms with E-state index in [0.29, 0.717) is 0 Å². The quantitative estimate of drug-likeness (QED) is 0.606. The lowest BCUT2D eigenvalue weighted by atomic mass is 10.2. The first kappa shape index (κ1) is 23.8. The van der Waals surface area contributed by atoms with Crippen LogP contribution in [0.5, 0.6) is 0 Å². The summed E-state index contributed by atoms with van der Waals surface area (Å²) in [6, 6.07) is 0. The van der Waals surface area contributed by atoms with Gasteiger partial charge in [-0.3, -0.25) is 0 Å². The minimum atomic E-state index is -3.03. The molecule has 1 heterocycles. The maximum Gasteiger partial charge on any atom is 0.481 e. The van der Waals surface area contributed by atoms with Gasteiger partial charge in [0.15, 0.2) is 0 Å². The van der Waals surface area contributed by atoms with Crippen molar-refractivity contribution in [2.24, 2.45) is 0 Å². The van der Waals surface area contributed by atoms with Gasteiger partial charge < -0.3 is 29.4 Å². The van der Waals surface area contributed by atoms with Crippen molar-refractivity contribution in [2.75, 3.05) is 0 Å². The first-order valence-corrected chi connectivity index (χ1v) is 19.5. The van der Waals surface area contributed by atoms with Crippen LogP contribution in [0.1, 0.15) is 41.5 Å². The summed E-state index contributed by atoms with van der Waals surface area (Å²) in [6.07, 6.45) is 0. The van der Waals surface area contributed by atoms with E-state index in [9.17, 15) is 0 Å². The molecule has 12 heteroatoms. The molecule has 0 amide bonds. The van der Waals surface area contributed by atoms with Crippen LogP contribution in [0.25, 0.3) is 0 Å². The maximum atomic E-state index is 6.44. The van der Waals surface area contributed by atoms with Crippen molar-refractivity contribution < 1.29 is 29.4 Å². The van der Waals surface area contributed by atoms with Crippen LogP contribution >= 0.6 is 0 Å². The van der Waals surface area contributed by atoms with Crippen LogP contribution in [0.4, 0.5) is 0 Å². The van der Waals surface area contributed by atoms with Gasteiger partial charge >= 0.3 is 36.2 Å². The highest BCUT2D eigenvalue weighted by atomic mass is 28.5. The largest absolute Gasteiger partial charge is 0.481 e. The number of hydrogen-bond donors (Lipinski definition) is 0. The van der Waals surface area contributed by atoms with Gasteiger partial charge in [-0.1, -0.05) is 0 Å². The average Bonchev–Trinajstić information content (AvgIpc) is 2.17. The molecule has 1 fully saturated rings. The Bertz CT molecular complexity index is 405. The molecule has 0 spiro atoms. The van der Waals surface area contributed by atoms with E-state index in [4.69, 9.17) is 29.4 Å². The summed E-state index contributed by atoms with van der Waals surface area (Å²) >= 11 is 0. The van der Waals surface area contributed by atoms with E-state index in [1.807, 2.05) is 74.3 Å². The zero-order valence-corrected chi connectivity index (χ0v) is 23.1. The molecule has 1 saturated heterocycles. The molecule has 0 bridgehead atoms. The lowest BCUT2D eigenvalue weighted by Gasteiger charge is -2.43. The molecule has 4 atom stereocenters. The summed E-state index contributed by atoms with van der Waals surface area (Å²) in [5.74, 6) is 0. The molecule has 1 aliphatic rings. The van der Waals surface area contributed by atoms with E-state index < -0.39 is 56.7 Å². The fraction of sp³-hybridized carbons (Fsp3) is 1.00. The molecular formula is C13H36O7Si5. The van der Waals surface area contributed by atoms with Crippen molar-refractivity contribution in [1.29, 1.82) is 0 Å². The molecule has 0 radical (unpaired) electrons. The Morgan fingerprint density at radius 2 is 0.960 bits per heavy atom. The van der Waals surface area contributed by atoms with Gasteiger partial charge in [-0.2, -0.15) is 0 Å². The highest BCUT2D eigenvalue weighted by Gasteiger charge is 2.53. The van der Waals surface area contributed by atoms with Gasteiger partial charge in [-0.15, -0.1) is 0 Å². The maximum absolute atomic E-state index is 6.44. The number of rotatable bonds is 2. The summed E-state index contributed by atoms with van der Waals surface area (Å²) in [5.41, 5.74) is -0.808. The normalized spacial score (nSPS) is 39.2. The fourth-order valence-electron chi connectivity index (χ4n) is 2.82. The topological polar surface area (TPSA) is 64.6 Å². The highest BCUT2D eigenvalue weighted by molar-refractivity contribution is 6.81. The summed E-state index contributed by atoms with van der Waals surface area (Å²) in [7, 11) is -11.8.